The summed E-state index contributed by atoms with van der Waals surface area (Å²) >= 11 is 1.55. The average Bonchev–Trinajstić information content (AvgIpc) is 2.71. The van der Waals surface area contributed by atoms with E-state index in [-0.39, 0.29) is 17.2 Å². The van der Waals surface area contributed by atoms with Gasteiger partial charge in [-0.2, -0.15) is 11.8 Å². The number of thioether (sulfide) groups is 1. The molecule has 0 unspecified atom stereocenters. The van der Waals surface area contributed by atoms with Crippen LogP contribution in [0, 0.1) is 10.1 Å². The molecule has 2 aromatic carbocycles. The number of amides is 2. The third kappa shape index (κ3) is 5.98. The van der Waals surface area contributed by atoms with Crippen LogP contribution in [-0.4, -0.2) is 41.9 Å². The van der Waals surface area contributed by atoms with Gasteiger partial charge in [0, 0.05) is 23.4 Å². The zero-order valence-electron chi connectivity index (χ0n) is 15.5. The van der Waals surface area contributed by atoms with Crippen molar-refractivity contribution in [1.82, 2.24) is 5.32 Å². The number of anilines is 1. The molecule has 0 aliphatic carbocycles. The van der Waals surface area contributed by atoms with Crippen molar-refractivity contribution in [3.05, 3.63) is 64.2 Å². The number of hydrogen-bond acceptors (Lipinski definition) is 6. The standard InChI is InChI=1S/C19H21N3O5S/c1-27-16-8-6-14(7-9-16)20-19(24)17(10-11-28-2)21-18(23)13-4-3-5-15(12-13)22(25)26/h3-9,12,17H,10-11H2,1-2H3,(H,20,24)(H,21,23)/t17-/m0/s1. The van der Waals surface area contributed by atoms with E-state index in [1.807, 2.05) is 6.26 Å². The van der Waals surface area contributed by atoms with Gasteiger partial charge in [-0.25, -0.2) is 0 Å². The highest BCUT2D eigenvalue weighted by Gasteiger charge is 2.22. The predicted molar refractivity (Wildman–Crippen MR) is 109 cm³/mol. The van der Waals surface area contributed by atoms with Gasteiger partial charge in [-0.3, -0.25) is 19.7 Å². The fourth-order valence-electron chi connectivity index (χ4n) is 2.41. The fraction of sp³-hybridized carbons (Fsp3) is 0.263. The molecule has 0 saturated carbocycles. The van der Waals surface area contributed by atoms with Crippen molar-refractivity contribution in [1.29, 1.82) is 0 Å². The first-order valence-corrected chi connectivity index (χ1v) is 9.83. The Hall–Kier alpha value is -3.07. The van der Waals surface area contributed by atoms with E-state index in [4.69, 9.17) is 4.74 Å². The Bertz CT molecular complexity index is 842. The minimum atomic E-state index is -0.777. The molecule has 0 fully saturated rings. The third-order valence-electron chi connectivity index (χ3n) is 3.91. The lowest BCUT2D eigenvalue weighted by atomic mass is 10.1. The molecule has 2 rings (SSSR count). The van der Waals surface area contributed by atoms with E-state index < -0.39 is 16.9 Å². The first-order valence-electron chi connectivity index (χ1n) is 8.43. The lowest BCUT2D eigenvalue weighted by molar-refractivity contribution is -0.384. The lowest BCUT2D eigenvalue weighted by Crippen LogP contribution is -2.44. The number of rotatable bonds is 9. The number of benzene rings is 2. The van der Waals surface area contributed by atoms with Gasteiger partial charge in [0.1, 0.15) is 11.8 Å². The number of nitrogens with zero attached hydrogens (tertiary/aromatic N) is 1. The van der Waals surface area contributed by atoms with E-state index in [2.05, 4.69) is 10.6 Å². The van der Waals surface area contributed by atoms with E-state index in [0.29, 0.717) is 23.6 Å². The normalized spacial score (nSPS) is 11.4. The van der Waals surface area contributed by atoms with Gasteiger partial charge in [0.15, 0.2) is 0 Å². The Balaban J connectivity index is 2.10. The van der Waals surface area contributed by atoms with Crippen molar-refractivity contribution in [3.63, 3.8) is 0 Å². The first-order chi connectivity index (χ1) is 13.4. The molecule has 148 valence electrons. The molecule has 0 spiro atoms. The molecule has 1 atom stereocenters. The third-order valence-corrected chi connectivity index (χ3v) is 4.55. The number of non-ortho nitro benzene ring substituents is 1. The van der Waals surface area contributed by atoms with Crippen molar-refractivity contribution < 1.29 is 19.2 Å². The van der Waals surface area contributed by atoms with Gasteiger partial charge in [0.2, 0.25) is 5.91 Å². The van der Waals surface area contributed by atoms with Crippen LogP contribution in [0.25, 0.3) is 0 Å². The molecule has 9 heteroatoms. The molecule has 28 heavy (non-hydrogen) atoms. The van der Waals surface area contributed by atoms with Crippen molar-refractivity contribution >= 4 is 35.0 Å². The van der Waals surface area contributed by atoms with E-state index in [0.717, 1.165) is 0 Å². The second kappa shape index (κ2) is 10.3. The molecule has 0 aliphatic heterocycles. The number of carbonyl (C=O) groups is 2. The maximum absolute atomic E-state index is 12.6. The lowest BCUT2D eigenvalue weighted by Gasteiger charge is -2.18. The van der Waals surface area contributed by atoms with Crippen LogP contribution >= 0.6 is 11.8 Å². The molecule has 0 radical (unpaired) electrons. The number of methoxy groups -OCH3 is 1. The highest BCUT2D eigenvalue weighted by Crippen LogP contribution is 2.16. The Kier molecular flexibility index (Phi) is 7.82. The fourth-order valence-corrected chi connectivity index (χ4v) is 2.88. The SMILES string of the molecule is COc1ccc(NC(=O)[C@H](CCSC)NC(=O)c2cccc([N+](=O)[O-])c2)cc1. The maximum Gasteiger partial charge on any atom is 0.270 e. The second-order valence-corrected chi connectivity index (χ2v) is 6.82. The number of ether oxygens (including phenoxy) is 1. The van der Waals surface area contributed by atoms with Crippen LogP contribution in [0.4, 0.5) is 11.4 Å². The topological polar surface area (TPSA) is 111 Å². The summed E-state index contributed by atoms with van der Waals surface area (Å²) in [4.78, 5) is 35.5. The molecule has 0 heterocycles. The van der Waals surface area contributed by atoms with E-state index >= 15 is 0 Å². The summed E-state index contributed by atoms with van der Waals surface area (Å²) in [5.41, 5.74) is 0.515. The van der Waals surface area contributed by atoms with Gasteiger partial charge in [0.25, 0.3) is 11.6 Å². The summed E-state index contributed by atoms with van der Waals surface area (Å²) in [5, 5.41) is 16.3. The largest absolute Gasteiger partial charge is 0.497 e. The van der Waals surface area contributed by atoms with Gasteiger partial charge in [-0.05, 0) is 48.8 Å². The van der Waals surface area contributed by atoms with E-state index in [1.165, 1.54) is 24.3 Å². The molecule has 2 N–H and O–H groups in total. The molecular weight excluding hydrogens is 382 g/mol. The van der Waals surface area contributed by atoms with Gasteiger partial charge < -0.3 is 15.4 Å². The van der Waals surface area contributed by atoms with Gasteiger partial charge in [-0.1, -0.05) is 6.07 Å². The number of nitrogens with one attached hydrogen (secondary N) is 2. The first kappa shape index (κ1) is 21.2. The summed E-state index contributed by atoms with van der Waals surface area (Å²) in [6, 6.07) is 11.4. The monoisotopic (exact) mass is 403 g/mol. The Labute approximate surface area is 166 Å². The van der Waals surface area contributed by atoms with Crippen LogP contribution in [0.5, 0.6) is 5.75 Å². The van der Waals surface area contributed by atoms with Crippen LogP contribution in [0.2, 0.25) is 0 Å². The van der Waals surface area contributed by atoms with Crippen molar-refractivity contribution in [3.8, 4) is 5.75 Å². The maximum atomic E-state index is 12.6. The van der Waals surface area contributed by atoms with Gasteiger partial charge >= 0.3 is 0 Å². The number of carbonyl (C=O) groups excluding carboxylic acids is 2. The van der Waals surface area contributed by atoms with Crippen LogP contribution in [0.15, 0.2) is 48.5 Å². The predicted octanol–water partition coefficient (Wildman–Crippen LogP) is 3.09. The molecule has 2 amide bonds. The zero-order chi connectivity index (χ0) is 20.5. The van der Waals surface area contributed by atoms with Crippen LogP contribution in [0.1, 0.15) is 16.8 Å². The van der Waals surface area contributed by atoms with Crippen LogP contribution in [-0.2, 0) is 4.79 Å². The Morgan fingerprint density at radius 3 is 2.54 bits per heavy atom. The van der Waals surface area contributed by atoms with Crippen molar-refractivity contribution in [2.24, 2.45) is 0 Å². The molecular formula is C19H21N3O5S. The van der Waals surface area contributed by atoms with Crippen molar-refractivity contribution in [2.45, 2.75) is 12.5 Å². The van der Waals surface area contributed by atoms with E-state index in [9.17, 15) is 19.7 Å². The molecule has 0 aliphatic rings. The highest BCUT2D eigenvalue weighted by molar-refractivity contribution is 7.98. The molecule has 2 aromatic rings. The number of nitro benzene ring substituents is 1. The summed E-state index contributed by atoms with van der Waals surface area (Å²) in [5.74, 6) is 0.421. The minimum absolute atomic E-state index is 0.126. The van der Waals surface area contributed by atoms with Gasteiger partial charge in [-0.15, -0.1) is 0 Å². The average molecular weight is 403 g/mol. The molecule has 0 bridgehead atoms. The quantitative estimate of drug-likeness (QED) is 0.492. The second-order valence-electron chi connectivity index (χ2n) is 5.83. The summed E-state index contributed by atoms with van der Waals surface area (Å²) in [7, 11) is 1.55. The van der Waals surface area contributed by atoms with Crippen molar-refractivity contribution in [2.75, 3.05) is 24.4 Å². The number of nitro groups is 1. The summed E-state index contributed by atoms with van der Waals surface area (Å²) in [6.45, 7) is 0. The Morgan fingerprint density at radius 1 is 1.21 bits per heavy atom. The smallest absolute Gasteiger partial charge is 0.270 e. The minimum Gasteiger partial charge on any atom is -0.497 e. The van der Waals surface area contributed by atoms with Crippen LogP contribution < -0.4 is 15.4 Å². The van der Waals surface area contributed by atoms with Crippen LogP contribution in [0.3, 0.4) is 0 Å². The Morgan fingerprint density at radius 2 is 1.93 bits per heavy atom. The molecule has 0 aromatic heterocycles. The summed E-state index contributed by atoms with van der Waals surface area (Å²) < 4.78 is 5.08. The summed E-state index contributed by atoms with van der Waals surface area (Å²) in [6.07, 6.45) is 2.32. The molecule has 8 nitrogen and oxygen atoms in total. The van der Waals surface area contributed by atoms with Gasteiger partial charge in [0.05, 0.1) is 12.0 Å². The zero-order valence-corrected chi connectivity index (χ0v) is 16.3. The number of hydrogen-bond donors (Lipinski definition) is 2. The van der Waals surface area contributed by atoms with E-state index in [1.54, 1.807) is 43.1 Å². The molecule has 0 saturated heterocycles. The highest BCUT2D eigenvalue weighted by atomic mass is 32.2.